The summed E-state index contributed by atoms with van der Waals surface area (Å²) in [5.74, 6) is 0.638. The molecule has 0 bridgehead atoms. The van der Waals surface area contributed by atoms with Crippen LogP contribution in [0, 0.1) is 13.8 Å². The van der Waals surface area contributed by atoms with E-state index < -0.39 is 9.05 Å². The zero-order valence-electron chi connectivity index (χ0n) is 10.0. The van der Waals surface area contributed by atoms with Crippen molar-refractivity contribution < 1.29 is 13.2 Å². The summed E-state index contributed by atoms with van der Waals surface area (Å²) in [6.45, 7) is 8.98. The minimum absolute atomic E-state index is 0.121. The number of hydrogen-bond acceptors (Lipinski definition) is 3. The van der Waals surface area contributed by atoms with Crippen LogP contribution in [0.2, 0.25) is 0 Å². The van der Waals surface area contributed by atoms with Crippen molar-refractivity contribution >= 4 is 19.7 Å². The lowest BCUT2D eigenvalue weighted by Gasteiger charge is -2.15. The van der Waals surface area contributed by atoms with Crippen molar-refractivity contribution in [2.24, 2.45) is 0 Å². The second kappa shape index (κ2) is 5.10. The zero-order chi connectivity index (χ0) is 13.2. The van der Waals surface area contributed by atoms with Crippen LogP contribution in [0.1, 0.15) is 18.1 Å². The number of benzene rings is 1. The summed E-state index contributed by atoms with van der Waals surface area (Å²) in [5, 5.41) is 0. The third kappa shape index (κ3) is 3.23. The van der Waals surface area contributed by atoms with Crippen LogP contribution < -0.4 is 4.74 Å². The predicted molar refractivity (Wildman–Crippen MR) is 69.2 cm³/mol. The Kier molecular flexibility index (Phi) is 4.22. The largest absolute Gasteiger partial charge is 0.486 e. The zero-order valence-corrected chi connectivity index (χ0v) is 11.6. The van der Waals surface area contributed by atoms with Crippen LogP contribution in [0.15, 0.2) is 29.7 Å². The molecule has 0 aliphatic heterocycles. The highest BCUT2D eigenvalue weighted by Crippen LogP contribution is 2.29. The molecule has 0 spiro atoms. The van der Waals surface area contributed by atoms with Gasteiger partial charge in [0.2, 0.25) is 0 Å². The van der Waals surface area contributed by atoms with E-state index in [1.54, 1.807) is 26.0 Å². The first-order valence-corrected chi connectivity index (χ1v) is 7.42. The standard InChI is InChI=1S/C12H15ClO3S/c1-5-8(2)16-11-6-7-12(17(13,14)15)10(4)9(11)3/h5-8H,1H2,2-4H3. The van der Waals surface area contributed by atoms with E-state index in [1.165, 1.54) is 6.07 Å². The molecule has 94 valence electrons. The molecule has 0 aliphatic rings. The third-order valence-corrected chi connectivity index (χ3v) is 4.06. The molecule has 0 saturated heterocycles. The van der Waals surface area contributed by atoms with Crippen LogP contribution in [0.4, 0.5) is 0 Å². The SMILES string of the molecule is C=CC(C)Oc1ccc(S(=O)(=O)Cl)c(C)c1C. The van der Waals surface area contributed by atoms with Gasteiger partial charge < -0.3 is 4.74 Å². The van der Waals surface area contributed by atoms with Gasteiger partial charge in [-0.1, -0.05) is 12.7 Å². The first-order chi connectivity index (χ1) is 7.77. The molecule has 1 atom stereocenters. The van der Waals surface area contributed by atoms with Crippen molar-refractivity contribution in [3.05, 3.63) is 35.9 Å². The van der Waals surface area contributed by atoms with Crippen LogP contribution in [-0.2, 0) is 9.05 Å². The molecule has 0 aliphatic carbocycles. The average Bonchev–Trinajstić information content (AvgIpc) is 2.22. The maximum Gasteiger partial charge on any atom is 0.261 e. The quantitative estimate of drug-likeness (QED) is 0.626. The fourth-order valence-corrected chi connectivity index (χ4v) is 2.66. The number of halogens is 1. The molecule has 1 aromatic carbocycles. The molecule has 0 N–H and O–H groups in total. The van der Waals surface area contributed by atoms with E-state index in [9.17, 15) is 8.42 Å². The maximum absolute atomic E-state index is 11.3. The van der Waals surface area contributed by atoms with Gasteiger partial charge in [0.15, 0.2) is 0 Å². The molecular weight excluding hydrogens is 260 g/mol. The molecule has 0 saturated carbocycles. The number of ether oxygens (including phenoxy) is 1. The highest BCUT2D eigenvalue weighted by Gasteiger charge is 2.17. The molecule has 0 heterocycles. The molecule has 1 unspecified atom stereocenters. The second-order valence-electron chi connectivity index (χ2n) is 3.81. The second-order valence-corrected chi connectivity index (χ2v) is 6.34. The molecule has 3 nitrogen and oxygen atoms in total. The Hall–Kier alpha value is -1.00. The van der Waals surface area contributed by atoms with Gasteiger partial charge in [-0.25, -0.2) is 8.42 Å². The molecule has 0 aromatic heterocycles. The van der Waals surface area contributed by atoms with E-state index in [4.69, 9.17) is 15.4 Å². The Labute approximate surface area is 106 Å². The van der Waals surface area contributed by atoms with Crippen molar-refractivity contribution in [2.45, 2.75) is 31.8 Å². The molecule has 0 radical (unpaired) electrons. The number of rotatable bonds is 4. The van der Waals surface area contributed by atoms with Gasteiger partial charge in [0.05, 0.1) is 4.90 Å². The topological polar surface area (TPSA) is 43.4 Å². The Morgan fingerprint density at radius 3 is 2.41 bits per heavy atom. The van der Waals surface area contributed by atoms with Crippen LogP contribution in [0.3, 0.4) is 0 Å². The lowest BCUT2D eigenvalue weighted by atomic mass is 10.1. The monoisotopic (exact) mass is 274 g/mol. The smallest absolute Gasteiger partial charge is 0.261 e. The fraction of sp³-hybridized carbons (Fsp3) is 0.333. The molecule has 1 rings (SSSR count). The first-order valence-electron chi connectivity index (χ1n) is 5.11. The Morgan fingerprint density at radius 2 is 1.94 bits per heavy atom. The third-order valence-electron chi connectivity index (χ3n) is 2.60. The normalized spacial score (nSPS) is 13.2. The van der Waals surface area contributed by atoms with Crippen molar-refractivity contribution in [2.75, 3.05) is 0 Å². The molecule has 1 aromatic rings. The van der Waals surface area contributed by atoms with Crippen molar-refractivity contribution in [3.8, 4) is 5.75 Å². The molecule has 0 fully saturated rings. The van der Waals surface area contributed by atoms with E-state index in [0.717, 1.165) is 5.56 Å². The van der Waals surface area contributed by atoms with Gasteiger partial charge in [0.1, 0.15) is 11.9 Å². The van der Waals surface area contributed by atoms with Gasteiger partial charge in [0.25, 0.3) is 9.05 Å². The first kappa shape index (κ1) is 14.1. The summed E-state index contributed by atoms with van der Waals surface area (Å²) >= 11 is 0. The van der Waals surface area contributed by atoms with Crippen molar-refractivity contribution in [1.82, 2.24) is 0 Å². The predicted octanol–water partition coefficient (Wildman–Crippen LogP) is 3.18. The molecular formula is C12H15ClO3S. The Balaban J connectivity index is 3.25. The Morgan fingerprint density at radius 1 is 1.35 bits per heavy atom. The summed E-state index contributed by atoms with van der Waals surface area (Å²) in [6, 6.07) is 3.06. The number of hydrogen-bond donors (Lipinski definition) is 0. The lowest BCUT2D eigenvalue weighted by molar-refractivity contribution is 0.268. The summed E-state index contributed by atoms with van der Waals surface area (Å²) in [4.78, 5) is 0.121. The van der Waals surface area contributed by atoms with Crippen LogP contribution in [-0.4, -0.2) is 14.5 Å². The van der Waals surface area contributed by atoms with Crippen molar-refractivity contribution in [1.29, 1.82) is 0 Å². The van der Waals surface area contributed by atoms with Crippen LogP contribution in [0.5, 0.6) is 5.75 Å². The van der Waals surface area contributed by atoms with E-state index in [-0.39, 0.29) is 11.0 Å². The van der Waals surface area contributed by atoms with Crippen molar-refractivity contribution in [3.63, 3.8) is 0 Å². The average molecular weight is 275 g/mol. The summed E-state index contributed by atoms with van der Waals surface area (Å²) < 4.78 is 28.2. The van der Waals surface area contributed by atoms with Gasteiger partial charge in [-0.3, -0.25) is 0 Å². The molecule has 5 heteroatoms. The minimum atomic E-state index is -3.71. The fourth-order valence-electron chi connectivity index (χ4n) is 1.41. The van der Waals surface area contributed by atoms with E-state index in [1.807, 2.05) is 6.92 Å². The summed E-state index contributed by atoms with van der Waals surface area (Å²) in [6.07, 6.45) is 1.53. The maximum atomic E-state index is 11.3. The van der Waals surface area contributed by atoms with E-state index in [0.29, 0.717) is 11.3 Å². The lowest BCUT2D eigenvalue weighted by Crippen LogP contribution is -2.09. The summed E-state index contributed by atoms with van der Waals surface area (Å²) in [7, 11) is 1.63. The van der Waals surface area contributed by atoms with Gasteiger partial charge in [-0.2, -0.15) is 0 Å². The van der Waals surface area contributed by atoms with Gasteiger partial charge in [-0.05, 0) is 44.0 Å². The minimum Gasteiger partial charge on any atom is -0.486 e. The summed E-state index contributed by atoms with van der Waals surface area (Å²) in [5.41, 5.74) is 1.37. The van der Waals surface area contributed by atoms with Gasteiger partial charge >= 0.3 is 0 Å². The van der Waals surface area contributed by atoms with Gasteiger partial charge in [-0.15, -0.1) is 0 Å². The highest BCUT2D eigenvalue weighted by molar-refractivity contribution is 8.13. The van der Waals surface area contributed by atoms with E-state index in [2.05, 4.69) is 6.58 Å². The van der Waals surface area contributed by atoms with E-state index >= 15 is 0 Å². The molecule has 17 heavy (non-hydrogen) atoms. The highest BCUT2D eigenvalue weighted by atomic mass is 35.7. The van der Waals surface area contributed by atoms with Crippen LogP contribution >= 0.6 is 10.7 Å². The van der Waals surface area contributed by atoms with Crippen LogP contribution in [0.25, 0.3) is 0 Å². The molecule has 0 amide bonds. The Bertz CT molecular complexity index is 535. The van der Waals surface area contributed by atoms with Gasteiger partial charge in [0, 0.05) is 10.7 Å².